The van der Waals surface area contributed by atoms with E-state index in [1.54, 1.807) is 24.3 Å². The van der Waals surface area contributed by atoms with Gasteiger partial charge in [0.1, 0.15) is 17.7 Å². The van der Waals surface area contributed by atoms with Crippen molar-refractivity contribution in [3.63, 3.8) is 0 Å². The van der Waals surface area contributed by atoms with Gasteiger partial charge in [-0.25, -0.2) is 14.2 Å². The third-order valence-electron chi connectivity index (χ3n) is 5.20. The molecule has 0 fully saturated rings. The van der Waals surface area contributed by atoms with Crippen LogP contribution in [-0.2, 0) is 4.79 Å². The molecule has 0 amide bonds. The van der Waals surface area contributed by atoms with Crippen LogP contribution in [0.2, 0.25) is 0 Å². The summed E-state index contributed by atoms with van der Waals surface area (Å²) in [6.45, 7) is 1.08. The number of aromatic hydroxyl groups is 1. The molecule has 2 heterocycles. The Balaban J connectivity index is 0.000000983. The number of carboxylic acid groups (broad SMARTS) is 1. The molecule has 7 N–H and O–H groups in total. The lowest BCUT2D eigenvalue weighted by molar-refractivity contribution is -0.134. The van der Waals surface area contributed by atoms with Crippen molar-refractivity contribution in [3.05, 3.63) is 88.0 Å². The molecule has 39 heavy (non-hydrogen) atoms. The first kappa shape index (κ1) is 28.2. The number of ether oxygens (including phenoxy) is 2. The Hall–Kier alpha value is -5.40. The van der Waals surface area contributed by atoms with Crippen molar-refractivity contribution in [1.29, 1.82) is 5.41 Å². The minimum atomic E-state index is -1.00. The predicted molar refractivity (Wildman–Crippen MR) is 139 cm³/mol. The predicted octanol–water partition coefficient (Wildman–Crippen LogP) is 2.39. The van der Waals surface area contributed by atoms with E-state index in [1.807, 2.05) is 0 Å². The molecule has 1 atom stereocenters. The van der Waals surface area contributed by atoms with Gasteiger partial charge in [-0.1, -0.05) is 0 Å². The van der Waals surface area contributed by atoms with Gasteiger partial charge in [-0.2, -0.15) is 4.68 Å². The molecular weight excluding hydrogens is 513 g/mol. The van der Waals surface area contributed by atoms with Gasteiger partial charge in [-0.05, 0) is 42.5 Å². The largest absolute Gasteiger partial charge is 0.504 e. The number of amidine groups is 1. The van der Waals surface area contributed by atoms with Crippen molar-refractivity contribution in [1.82, 2.24) is 19.7 Å². The van der Waals surface area contributed by atoms with Crippen LogP contribution in [0.15, 0.2) is 59.5 Å². The van der Waals surface area contributed by atoms with Gasteiger partial charge in [-0.3, -0.25) is 15.2 Å². The molecule has 0 radical (unpaired) electrons. The second kappa shape index (κ2) is 12.2. The maximum absolute atomic E-state index is 15.3. The molecule has 0 aliphatic heterocycles. The lowest BCUT2D eigenvalue weighted by Gasteiger charge is -2.20. The highest BCUT2D eigenvalue weighted by atomic mass is 19.1. The zero-order valence-electron chi connectivity index (χ0n) is 21.1. The summed E-state index contributed by atoms with van der Waals surface area (Å²) in [6, 6.07) is 11.0. The van der Waals surface area contributed by atoms with Crippen LogP contribution >= 0.6 is 0 Å². The van der Waals surface area contributed by atoms with E-state index in [4.69, 9.17) is 30.5 Å². The van der Waals surface area contributed by atoms with Gasteiger partial charge in [0.05, 0.1) is 14.2 Å². The van der Waals surface area contributed by atoms with Gasteiger partial charge in [0.15, 0.2) is 23.1 Å². The number of benzene rings is 2. The summed E-state index contributed by atoms with van der Waals surface area (Å²) in [6.07, 6.45) is 1.40. The monoisotopic (exact) mass is 539 g/mol. The highest BCUT2D eigenvalue weighted by Crippen LogP contribution is 2.35. The van der Waals surface area contributed by atoms with E-state index in [0.717, 1.165) is 11.6 Å². The number of nitrogens with one attached hydrogen (secondary N) is 3. The van der Waals surface area contributed by atoms with Crippen LogP contribution in [0, 0.1) is 11.2 Å². The summed E-state index contributed by atoms with van der Waals surface area (Å²) in [5.74, 6) is -1.41. The zero-order chi connectivity index (χ0) is 28.7. The quantitative estimate of drug-likeness (QED) is 0.143. The van der Waals surface area contributed by atoms with Crippen molar-refractivity contribution in [2.45, 2.75) is 13.0 Å². The lowest BCUT2D eigenvalue weighted by Crippen LogP contribution is -2.17. The van der Waals surface area contributed by atoms with Gasteiger partial charge in [0, 0.05) is 36.0 Å². The first-order valence-corrected chi connectivity index (χ1v) is 11.2. The minimum absolute atomic E-state index is 0.0433. The zero-order valence-corrected chi connectivity index (χ0v) is 21.1. The molecule has 0 aliphatic rings. The van der Waals surface area contributed by atoms with E-state index in [1.165, 1.54) is 44.7 Å². The number of aliphatic carboxylic acids is 1. The second-order valence-electron chi connectivity index (χ2n) is 7.89. The fraction of sp³-hybridized carbons (Fsp3) is 0.160. The van der Waals surface area contributed by atoms with E-state index >= 15 is 4.39 Å². The molecule has 0 saturated carbocycles. The number of halogens is 1. The minimum Gasteiger partial charge on any atom is -0.504 e. The number of carbonyl (C=O) groups is 1. The molecule has 0 spiro atoms. The molecule has 0 aliphatic carbocycles. The number of pyridine rings is 1. The molecule has 0 saturated heterocycles. The van der Waals surface area contributed by atoms with E-state index in [2.05, 4.69) is 20.4 Å². The molecule has 0 bridgehead atoms. The number of nitrogens with two attached hydrogens (primary N) is 1. The van der Waals surface area contributed by atoms with Crippen LogP contribution < -0.4 is 26.2 Å². The second-order valence-corrected chi connectivity index (χ2v) is 7.89. The number of aromatic nitrogens is 4. The first-order valence-electron chi connectivity index (χ1n) is 11.2. The van der Waals surface area contributed by atoms with Gasteiger partial charge < -0.3 is 30.7 Å². The maximum atomic E-state index is 15.3. The number of H-pyrrole nitrogens is 1. The van der Waals surface area contributed by atoms with Crippen molar-refractivity contribution >= 4 is 17.5 Å². The Bertz CT molecular complexity index is 1530. The molecular formula is C25H26FN7O6. The van der Waals surface area contributed by atoms with Crippen molar-refractivity contribution in [2.24, 2.45) is 5.73 Å². The molecule has 13 nitrogen and oxygen atoms in total. The SMILES string of the molecule is CC(=O)O.COc1cc(F)c([C@H](Nc2ccc(C(=N)N)cc2)c2nn(-c3ncccc3O)c(=O)[nH]2)cc1OC. The summed E-state index contributed by atoms with van der Waals surface area (Å²) < 4.78 is 26.6. The van der Waals surface area contributed by atoms with E-state index in [-0.39, 0.29) is 40.3 Å². The van der Waals surface area contributed by atoms with E-state index < -0.39 is 23.5 Å². The highest BCUT2D eigenvalue weighted by Gasteiger charge is 2.26. The molecule has 4 rings (SSSR count). The number of carboxylic acids is 1. The lowest BCUT2D eigenvalue weighted by atomic mass is 10.0. The standard InChI is InChI=1S/C23H22FN7O4.C2H4O2/c1-34-17-10-14(15(24)11-18(17)35-2)19(28-13-7-5-12(6-8-13)20(25)26)21-29-23(33)31(30-21)22-16(32)4-3-9-27-22;1-2(3)4/h3-11,19,28,32H,1-2H3,(H3,25,26)(H,29,30,33);1H3,(H,3,4)/t19-;/m0./s1. The third kappa shape index (κ3) is 6.68. The normalized spacial score (nSPS) is 11.1. The van der Waals surface area contributed by atoms with Crippen LogP contribution in [0.3, 0.4) is 0 Å². The Labute approximate surface area is 221 Å². The van der Waals surface area contributed by atoms with Crippen LogP contribution in [0.4, 0.5) is 10.1 Å². The summed E-state index contributed by atoms with van der Waals surface area (Å²) in [5, 5.41) is 32.5. The number of methoxy groups -OCH3 is 2. The van der Waals surface area contributed by atoms with Gasteiger partial charge in [-0.15, -0.1) is 5.10 Å². The van der Waals surface area contributed by atoms with Gasteiger partial charge in [0.2, 0.25) is 5.82 Å². The number of nitrogen functional groups attached to an aromatic ring is 1. The molecule has 4 aromatic rings. The Morgan fingerprint density at radius 1 is 1.18 bits per heavy atom. The molecule has 0 unspecified atom stereocenters. The van der Waals surface area contributed by atoms with E-state index in [9.17, 15) is 9.90 Å². The Morgan fingerprint density at radius 3 is 2.36 bits per heavy atom. The van der Waals surface area contributed by atoms with E-state index in [0.29, 0.717) is 11.3 Å². The molecule has 2 aromatic heterocycles. The van der Waals surface area contributed by atoms with Gasteiger partial charge in [0.25, 0.3) is 5.97 Å². The number of hydrogen-bond acceptors (Lipinski definition) is 9. The summed E-state index contributed by atoms with van der Waals surface area (Å²) in [7, 11) is 2.81. The topological polar surface area (TPSA) is 201 Å². The van der Waals surface area contributed by atoms with Crippen LogP contribution in [0.5, 0.6) is 17.2 Å². The van der Waals surface area contributed by atoms with Crippen molar-refractivity contribution in [3.8, 4) is 23.1 Å². The Morgan fingerprint density at radius 2 is 1.79 bits per heavy atom. The van der Waals surface area contributed by atoms with Crippen molar-refractivity contribution < 1.29 is 28.9 Å². The Kier molecular flexibility index (Phi) is 8.83. The highest BCUT2D eigenvalue weighted by molar-refractivity contribution is 5.95. The molecule has 204 valence electrons. The number of anilines is 1. The summed E-state index contributed by atoms with van der Waals surface area (Å²) >= 11 is 0. The summed E-state index contributed by atoms with van der Waals surface area (Å²) in [4.78, 5) is 28.3. The number of rotatable bonds is 8. The number of nitrogens with zero attached hydrogens (tertiary/aromatic N) is 3. The maximum Gasteiger partial charge on any atom is 0.349 e. The fourth-order valence-electron chi connectivity index (χ4n) is 3.46. The van der Waals surface area contributed by atoms with Crippen LogP contribution in [-0.4, -0.2) is 56.0 Å². The molecule has 2 aromatic carbocycles. The van der Waals surface area contributed by atoms with Gasteiger partial charge >= 0.3 is 5.69 Å². The van der Waals surface area contributed by atoms with Crippen LogP contribution in [0.1, 0.15) is 29.9 Å². The fourth-order valence-corrected chi connectivity index (χ4v) is 3.46. The summed E-state index contributed by atoms with van der Waals surface area (Å²) in [5.41, 5.74) is 5.98. The molecule has 14 heteroatoms. The smallest absolute Gasteiger partial charge is 0.349 e. The number of aromatic amines is 1. The average molecular weight is 540 g/mol. The number of hydrogen-bond donors (Lipinski definition) is 6. The van der Waals surface area contributed by atoms with Crippen LogP contribution in [0.25, 0.3) is 5.82 Å². The average Bonchev–Trinajstić information content (AvgIpc) is 3.28. The first-order chi connectivity index (χ1) is 18.5. The van der Waals surface area contributed by atoms with Crippen molar-refractivity contribution in [2.75, 3.05) is 19.5 Å². The third-order valence-corrected chi connectivity index (χ3v) is 5.20.